The van der Waals surface area contributed by atoms with Gasteiger partial charge >= 0.3 is 0 Å². The lowest BCUT2D eigenvalue weighted by Crippen LogP contribution is -2.35. The molecule has 0 saturated heterocycles. The molecule has 0 fully saturated rings. The molecular formula is C22H35N2+. The summed E-state index contributed by atoms with van der Waals surface area (Å²) in [5.41, 5.74) is 1.25. The van der Waals surface area contributed by atoms with Crippen LogP contribution in [-0.2, 0) is 6.54 Å². The van der Waals surface area contributed by atoms with E-state index in [0.29, 0.717) is 0 Å². The van der Waals surface area contributed by atoms with Gasteiger partial charge in [0, 0.05) is 6.92 Å². The first-order valence-corrected chi connectivity index (χ1v) is 9.95. The van der Waals surface area contributed by atoms with Crippen molar-refractivity contribution in [2.24, 2.45) is 0 Å². The fourth-order valence-electron chi connectivity index (χ4n) is 3.37. The van der Waals surface area contributed by atoms with Crippen LogP contribution in [0.1, 0.15) is 77.0 Å². The van der Waals surface area contributed by atoms with E-state index in [0.717, 1.165) is 6.54 Å². The zero-order chi connectivity index (χ0) is 17.0. The first kappa shape index (κ1) is 18.8. The second kappa shape index (κ2) is 11.1. The fraction of sp³-hybridized carbons (Fsp3) is 0.591. The lowest BCUT2D eigenvalue weighted by Gasteiger charge is -2.03. The molecule has 1 aromatic carbocycles. The Balaban J connectivity index is 1.61. The van der Waals surface area contributed by atoms with E-state index in [2.05, 4.69) is 65.7 Å². The van der Waals surface area contributed by atoms with Gasteiger partial charge in [-0.05, 0) is 25.0 Å². The van der Waals surface area contributed by atoms with Gasteiger partial charge in [-0.3, -0.25) is 0 Å². The van der Waals surface area contributed by atoms with Gasteiger partial charge in [0.05, 0.1) is 6.54 Å². The van der Waals surface area contributed by atoms with Crippen molar-refractivity contribution in [1.29, 1.82) is 0 Å². The maximum Gasteiger partial charge on any atom is 0.258 e. The minimum atomic E-state index is 1.14. The zero-order valence-electron chi connectivity index (χ0n) is 15.7. The van der Waals surface area contributed by atoms with Crippen molar-refractivity contribution in [3.8, 4) is 5.69 Å². The van der Waals surface area contributed by atoms with E-state index in [1.54, 1.807) is 0 Å². The van der Waals surface area contributed by atoms with E-state index >= 15 is 0 Å². The quantitative estimate of drug-likeness (QED) is 0.334. The van der Waals surface area contributed by atoms with Gasteiger partial charge in [0.1, 0.15) is 18.1 Å². The molecule has 2 rings (SSSR count). The van der Waals surface area contributed by atoms with E-state index in [9.17, 15) is 0 Å². The van der Waals surface area contributed by atoms with Crippen LogP contribution in [-0.4, -0.2) is 4.57 Å². The number of hydrogen-bond donors (Lipinski definition) is 0. The van der Waals surface area contributed by atoms with Gasteiger partial charge in [-0.2, -0.15) is 0 Å². The van der Waals surface area contributed by atoms with Gasteiger partial charge in [-0.25, -0.2) is 9.13 Å². The Bertz CT molecular complexity index is 557. The summed E-state index contributed by atoms with van der Waals surface area (Å²) in [5, 5.41) is 0. The van der Waals surface area contributed by atoms with Crippen molar-refractivity contribution < 1.29 is 4.57 Å². The molecule has 0 radical (unpaired) electrons. The number of para-hydroxylation sites is 1. The maximum atomic E-state index is 2.39. The summed E-state index contributed by atoms with van der Waals surface area (Å²) >= 11 is 0. The van der Waals surface area contributed by atoms with Gasteiger partial charge in [-0.1, -0.05) is 76.5 Å². The SMILES string of the molecule is CCCCCCCCCCCC[n+]1ccn(-c2ccccc2)c1C. The van der Waals surface area contributed by atoms with E-state index in [1.165, 1.54) is 75.7 Å². The Morgan fingerprint density at radius 2 is 1.38 bits per heavy atom. The summed E-state index contributed by atoms with van der Waals surface area (Å²) < 4.78 is 4.66. The van der Waals surface area contributed by atoms with Crippen LogP contribution in [0.15, 0.2) is 42.7 Å². The molecule has 0 N–H and O–H groups in total. The minimum absolute atomic E-state index is 1.14. The van der Waals surface area contributed by atoms with E-state index in [4.69, 9.17) is 0 Å². The molecule has 0 unspecified atom stereocenters. The first-order valence-electron chi connectivity index (χ1n) is 9.95. The van der Waals surface area contributed by atoms with Crippen LogP contribution in [0.25, 0.3) is 5.69 Å². The topological polar surface area (TPSA) is 8.81 Å². The van der Waals surface area contributed by atoms with Gasteiger partial charge in [0.2, 0.25) is 0 Å². The van der Waals surface area contributed by atoms with Crippen LogP contribution in [0.4, 0.5) is 0 Å². The summed E-state index contributed by atoms with van der Waals surface area (Å²) in [6, 6.07) is 10.6. The smallest absolute Gasteiger partial charge is 0.234 e. The molecule has 0 saturated carbocycles. The van der Waals surface area contributed by atoms with Gasteiger partial charge in [0.25, 0.3) is 5.82 Å². The molecule has 2 heteroatoms. The van der Waals surface area contributed by atoms with Crippen LogP contribution in [0, 0.1) is 6.92 Å². The summed E-state index contributed by atoms with van der Waals surface area (Å²) in [5.74, 6) is 1.32. The summed E-state index contributed by atoms with van der Waals surface area (Å²) in [6.45, 7) is 5.64. The number of benzene rings is 1. The van der Waals surface area contributed by atoms with E-state index < -0.39 is 0 Å². The van der Waals surface area contributed by atoms with Crippen molar-refractivity contribution in [2.75, 3.05) is 0 Å². The average Bonchev–Trinajstić information content (AvgIpc) is 2.98. The van der Waals surface area contributed by atoms with Crippen LogP contribution in [0.5, 0.6) is 0 Å². The normalized spacial score (nSPS) is 11.1. The molecule has 1 aromatic heterocycles. The highest BCUT2D eigenvalue weighted by Crippen LogP contribution is 2.11. The standard InChI is InChI=1S/C22H35N2/c1-3-4-5-6-7-8-9-10-11-15-18-23-19-20-24(21(23)2)22-16-13-12-14-17-22/h12-14,16-17,19-20H,3-11,15,18H2,1-2H3/q+1. The van der Waals surface area contributed by atoms with Crippen molar-refractivity contribution >= 4 is 0 Å². The third kappa shape index (κ3) is 6.14. The van der Waals surface area contributed by atoms with Crippen molar-refractivity contribution in [2.45, 2.75) is 84.6 Å². The number of aryl methyl sites for hydroxylation is 1. The Hall–Kier alpha value is -1.57. The number of rotatable bonds is 12. The highest BCUT2D eigenvalue weighted by atomic mass is 15.1. The molecule has 132 valence electrons. The predicted octanol–water partition coefficient (Wildman–Crippen LogP) is 5.99. The van der Waals surface area contributed by atoms with Gasteiger partial charge in [-0.15, -0.1) is 0 Å². The molecule has 0 atom stereocenters. The number of hydrogen-bond acceptors (Lipinski definition) is 0. The Morgan fingerprint density at radius 3 is 2.00 bits per heavy atom. The molecule has 24 heavy (non-hydrogen) atoms. The molecule has 0 aliphatic heterocycles. The average molecular weight is 328 g/mol. The van der Waals surface area contributed by atoms with Crippen molar-refractivity contribution in [1.82, 2.24) is 4.57 Å². The summed E-state index contributed by atoms with van der Waals surface area (Å²) in [6.07, 6.45) is 18.4. The van der Waals surface area contributed by atoms with Crippen LogP contribution in [0.3, 0.4) is 0 Å². The monoisotopic (exact) mass is 327 g/mol. The summed E-state index contributed by atoms with van der Waals surface area (Å²) in [4.78, 5) is 0. The van der Waals surface area contributed by atoms with Crippen LogP contribution >= 0.6 is 0 Å². The third-order valence-electron chi connectivity index (χ3n) is 4.95. The predicted molar refractivity (Wildman–Crippen MR) is 103 cm³/mol. The molecule has 0 aliphatic carbocycles. The number of aromatic nitrogens is 2. The molecule has 0 bridgehead atoms. The molecule has 0 aliphatic rings. The molecule has 0 amide bonds. The highest BCUT2D eigenvalue weighted by Gasteiger charge is 2.13. The highest BCUT2D eigenvalue weighted by molar-refractivity contribution is 5.31. The fourth-order valence-corrected chi connectivity index (χ4v) is 3.37. The minimum Gasteiger partial charge on any atom is -0.234 e. The van der Waals surface area contributed by atoms with Gasteiger partial charge < -0.3 is 0 Å². The largest absolute Gasteiger partial charge is 0.258 e. The molecule has 2 nitrogen and oxygen atoms in total. The Morgan fingerprint density at radius 1 is 0.792 bits per heavy atom. The Kier molecular flexibility index (Phi) is 8.65. The zero-order valence-corrected chi connectivity index (χ0v) is 15.7. The van der Waals surface area contributed by atoms with Crippen LogP contribution in [0.2, 0.25) is 0 Å². The molecular weight excluding hydrogens is 292 g/mol. The number of imidazole rings is 1. The second-order valence-electron chi connectivity index (χ2n) is 6.93. The number of nitrogens with zero attached hydrogens (tertiary/aromatic N) is 2. The van der Waals surface area contributed by atoms with Gasteiger partial charge in [0.15, 0.2) is 0 Å². The van der Waals surface area contributed by atoms with Crippen molar-refractivity contribution in [3.63, 3.8) is 0 Å². The van der Waals surface area contributed by atoms with E-state index in [1.807, 2.05) is 0 Å². The van der Waals surface area contributed by atoms with Crippen molar-refractivity contribution in [3.05, 3.63) is 48.5 Å². The summed E-state index contributed by atoms with van der Waals surface area (Å²) in [7, 11) is 0. The lowest BCUT2D eigenvalue weighted by molar-refractivity contribution is -0.702. The number of unbranched alkanes of at least 4 members (excludes halogenated alkanes) is 9. The Labute approximate surface area is 148 Å². The second-order valence-corrected chi connectivity index (χ2v) is 6.93. The third-order valence-corrected chi connectivity index (χ3v) is 4.95. The maximum absolute atomic E-state index is 2.39. The molecule has 1 heterocycles. The van der Waals surface area contributed by atoms with E-state index in [-0.39, 0.29) is 0 Å². The molecule has 0 spiro atoms. The molecule has 2 aromatic rings. The lowest BCUT2D eigenvalue weighted by atomic mass is 10.1. The van der Waals surface area contributed by atoms with Crippen LogP contribution < -0.4 is 4.57 Å². The first-order chi connectivity index (χ1) is 11.8.